The van der Waals surface area contributed by atoms with Crippen LogP contribution >= 0.6 is 0 Å². The lowest BCUT2D eigenvalue weighted by Gasteiger charge is -2.29. The van der Waals surface area contributed by atoms with Gasteiger partial charge in [-0.1, -0.05) is 20.3 Å². The van der Waals surface area contributed by atoms with Gasteiger partial charge in [0.15, 0.2) is 0 Å². The Hall–Kier alpha value is -1.22. The Morgan fingerprint density at radius 3 is 2.35 bits per heavy atom. The van der Waals surface area contributed by atoms with E-state index >= 15 is 0 Å². The largest absolute Gasteiger partial charge is 0.399 e. The molecule has 0 amide bonds. The summed E-state index contributed by atoms with van der Waals surface area (Å²) in [5.74, 6) is 0. The molecule has 2 rings (SSSR count). The summed E-state index contributed by atoms with van der Waals surface area (Å²) in [6.45, 7) is 9.89. The smallest absolute Gasteiger partial charge is 0.0642 e. The van der Waals surface area contributed by atoms with Gasteiger partial charge in [-0.15, -0.1) is 0 Å². The van der Waals surface area contributed by atoms with Gasteiger partial charge in [-0.05, 0) is 30.7 Å². The summed E-state index contributed by atoms with van der Waals surface area (Å²) >= 11 is 0. The highest BCUT2D eigenvalue weighted by Gasteiger charge is 2.11. The molecule has 0 aliphatic carbocycles. The van der Waals surface area contributed by atoms with E-state index in [1.165, 1.54) is 12.1 Å². The van der Waals surface area contributed by atoms with Gasteiger partial charge in [0.25, 0.3) is 0 Å². The highest BCUT2D eigenvalue weighted by molar-refractivity contribution is 5.58. The maximum Gasteiger partial charge on any atom is 0.0642 e. The van der Waals surface area contributed by atoms with Crippen LogP contribution in [0.25, 0.3) is 0 Å². The Bertz CT molecular complexity index is 333. The van der Waals surface area contributed by atoms with Gasteiger partial charge >= 0.3 is 0 Å². The number of ether oxygens (including phenoxy) is 1. The number of anilines is 2. The molecular formula is C14H24N2O. The Morgan fingerprint density at radius 1 is 1.24 bits per heavy atom. The van der Waals surface area contributed by atoms with Crippen molar-refractivity contribution in [2.24, 2.45) is 0 Å². The van der Waals surface area contributed by atoms with Crippen molar-refractivity contribution in [3.05, 3.63) is 23.8 Å². The van der Waals surface area contributed by atoms with E-state index in [0.29, 0.717) is 0 Å². The third-order valence-electron chi connectivity index (χ3n) is 2.63. The van der Waals surface area contributed by atoms with Crippen LogP contribution < -0.4 is 10.6 Å². The van der Waals surface area contributed by atoms with Crippen molar-refractivity contribution in [2.45, 2.75) is 27.2 Å². The van der Waals surface area contributed by atoms with Crippen molar-refractivity contribution < 1.29 is 4.74 Å². The fraction of sp³-hybridized carbons (Fsp3) is 0.571. The van der Waals surface area contributed by atoms with Crippen LogP contribution in [0.4, 0.5) is 11.4 Å². The molecule has 1 aliphatic heterocycles. The van der Waals surface area contributed by atoms with Crippen LogP contribution in [0.15, 0.2) is 18.2 Å². The van der Waals surface area contributed by atoms with Crippen LogP contribution in [0.3, 0.4) is 0 Å². The first-order chi connectivity index (χ1) is 8.19. The average molecular weight is 236 g/mol. The molecule has 96 valence electrons. The zero-order valence-electron chi connectivity index (χ0n) is 11.2. The summed E-state index contributed by atoms with van der Waals surface area (Å²) in [5, 5.41) is 0. The predicted octanol–water partition coefficient (Wildman–Crippen LogP) is 2.83. The number of hydrogen-bond acceptors (Lipinski definition) is 3. The van der Waals surface area contributed by atoms with Crippen molar-refractivity contribution in [2.75, 3.05) is 36.9 Å². The first kappa shape index (κ1) is 13.8. The third kappa shape index (κ3) is 4.27. The number of morpholine rings is 1. The maximum atomic E-state index is 5.78. The van der Waals surface area contributed by atoms with Gasteiger partial charge in [0.05, 0.1) is 13.2 Å². The maximum absolute atomic E-state index is 5.78. The molecule has 3 nitrogen and oxygen atoms in total. The van der Waals surface area contributed by atoms with Gasteiger partial charge in [0.1, 0.15) is 0 Å². The fourth-order valence-electron chi connectivity index (χ4n) is 1.68. The number of nitrogens with zero attached hydrogens (tertiary/aromatic N) is 1. The first-order valence-corrected chi connectivity index (χ1v) is 6.37. The van der Waals surface area contributed by atoms with Crippen LogP contribution in [0.5, 0.6) is 0 Å². The molecule has 17 heavy (non-hydrogen) atoms. The third-order valence-corrected chi connectivity index (χ3v) is 2.63. The van der Waals surface area contributed by atoms with Gasteiger partial charge < -0.3 is 15.4 Å². The van der Waals surface area contributed by atoms with Crippen LogP contribution in [0.1, 0.15) is 25.8 Å². The molecule has 3 heteroatoms. The van der Waals surface area contributed by atoms with E-state index in [0.717, 1.165) is 37.6 Å². The van der Waals surface area contributed by atoms with E-state index in [1.54, 1.807) is 0 Å². The Labute approximate surface area is 105 Å². The topological polar surface area (TPSA) is 38.5 Å². The van der Waals surface area contributed by atoms with Crippen LogP contribution in [0, 0.1) is 6.92 Å². The van der Waals surface area contributed by atoms with Gasteiger partial charge in [0.2, 0.25) is 0 Å². The highest BCUT2D eigenvalue weighted by atomic mass is 16.5. The van der Waals surface area contributed by atoms with Crippen molar-refractivity contribution >= 4 is 11.4 Å². The van der Waals surface area contributed by atoms with Gasteiger partial charge in [-0.25, -0.2) is 0 Å². The van der Waals surface area contributed by atoms with Gasteiger partial charge in [0, 0.05) is 24.5 Å². The SMILES string of the molecule is CCC.Cc1cc(N2CCOCC2)ccc1N. The molecule has 1 aliphatic rings. The number of rotatable bonds is 1. The van der Waals surface area contributed by atoms with E-state index in [2.05, 4.69) is 30.9 Å². The molecule has 0 radical (unpaired) electrons. The molecular weight excluding hydrogens is 212 g/mol. The van der Waals surface area contributed by atoms with E-state index in [1.807, 2.05) is 13.0 Å². The molecule has 1 aromatic carbocycles. The summed E-state index contributed by atoms with van der Waals surface area (Å²) in [6.07, 6.45) is 1.25. The quantitative estimate of drug-likeness (QED) is 0.762. The molecule has 1 fully saturated rings. The molecule has 0 atom stereocenters. The first-order valence-electron chi connectivity index (χ1n) is 6.37. The van der Waals surface area contributed by atoms with Crippen molar-refractivity contribution in [3.8, 4) is 0 Å². The molecule has 0 bridgehead atoms. The van der Waals surface area contributed by atoms with E-state index in [4.69, 9.17) is 10.5 Å². The molecule has 2 N–H and O–H groups in total. The number of benzene rings is 1. The zero-order valence-corrected chi connectivity index (χ0v) is 11.2. The zero-order chi connectivity index (χ0) is 12.7. The highest BCUT2D eigenvalue weighted by Crippen LogP contribution is 2.21. The number of nitrogen functional groups attached to an aromatic ring is 1. The fourth-order valence-corrected chi connectivity index (χ4v) is 1.68. The van der Waals surface area contributed by atoms with Gasteiger partial charge in [-0.3, -0.25) is 0 Å². The van der Waals surface area contributed by atoms with Crippen molar-refractivity contribution in [1.82, 2.24) is 0 Å². The lowest BCUT2D eigenvalue weighted by molar-refractivity contribution is 0.122. The Kier molecular flexibility index (Phi) is 5.84. The second kappa shape index (κ2) is 7.17. The molecule has 1 heterocycles. The minimum absolute atomic E-state index is 0.823. The summed E-state index contributed by atoms with van der Waals surface area (Å²) in [7, 11) is 0. The lowest BCUT2D eigenvalue weighted by atomic mass is 10.1. The van der Waals surface area contributed by atoms with E-state index in [-0.39, 0.29) is 0 Å². The second-order valence-corrected chi connectivity index (χ2v) is 4.35. The molecule has 0 aromatic heterocycles. The molecule has 0 unspecified atom stereocenters. The second-order valence-electron chi connectivity index (χ2n) is 4.35. The van der Waals surface area contributed by atoms with Crippen molar-refractivity contribution in [3.63, 3.8) is 0 Å². The molecule has 1 saturated heterocycles. The number of aryl methyl sites for hydroxylation is 1. The number of hydrogen-bond donors (Lipinski definition) is 1. The molecule has 1 aromatic rings. The Morgan fingerprint density at radius 2 is 1.82 bits per heavy atom. The van der Waals surface area contributed by atoms with Crippen molar-refractivity contribution in [1.29, 1.82) is 0 Å². The van der Waals surface area contributed by atoms with Crippen LogP contribution in [-0.4, -0.2) is 26.3 Å². The van der Waals surface area contributed by atoms with Crippen LogP contribution in [0.2, 0.25) is 0 Å². The number of nitrogens with two attached hydrogens (primary N) is 1. The van der Waals surface area contributed by atoms with E-state index in [9.17, 15) is 0 Å². The summed E-state index contributed by atoms with van der Waals surface area (Å²) in [6, 6.07) is 6.19. The average Bonchev–Trinajstić information content (AvgIpc) is 2.35. The normalized spacial score (nSPS) is 15.1. The minimum Gasteiger partial charge on any atom is -0.399 e. The summed E-state index contributed by atoms with van der Waals surface area (Å²) in [4.78, 5) is 2.33. The summed E-state index contributed by atoms with van der Waals surface area (Å²) < 4.78 is 5.31. The standard InChI is InChI=1S/C11H16N2O.C3H8/c1-9-8-10(2-3-11(9)12)13-4-6-14-7-5-13;1-3-2/h2-3,8H,4-7,12H2,1H3;3H2,1-2H3. The van der Waals surface area contributed by atoms with Gasteiger partial charge in [-0.2, -0.15) is 0 Å². The molecule has 0 spiro atoms. The van der Waals surface area contributed by atoms with Crippen LogP contribution in [-0.2, 0) is 4.74 Å². The Balaban J connectivity index is 0.000000437. The minimum atomic E-state index is 0.823. The molecule has 0 saturated carbocycles. The van der Waals surface area contributed by atoms with E-state index < -0.39 is 0 Å². The lowest BCUT2D eigenvalue weighted by Crippen LogP contribution is -2.36. The summed E-state index contributed by atoms with van der Waals surface area (Å²) in [5.41, 5.74) is 9.04. The predicted molar refractivity (Wildman–Crippen MR) is 74.6 cm³/mol. The monoisotopic (exact) mass is 236 g/mol.